The lowest BCUT2D eigenvalue weighted by Crippen LogP contribution is -2.34. The van der Waals surface area contributed by atoms with Crippen LogP contribution in [0.1, 0.15) is 45.4 Å². The van der Waals surface area contributed by atoms with Crippen molar-refractivity contribution >= 4 is 22.6 Å². The molecule has 2 atom stereocenters. The second-order valence-corrected chi connectivity index (χ2v) is 4.82. The van der Waals surface area contributed by atoms with Crippen LogP contribution < -0.4 is 0 Å². The van der Waals surface area contributed by atoms with Gasteiger partial charge in [-0.2, -0.15) is 0 Å². The molecule has 0 aromatic heterocycles. The van der Waals surface area contributed by atoms with Crippen molar-refractivity contribution in [2.24, 2.45) is 0 Å². The molecular weight excluding hydrogens is 307 g/mol. The van der Waals surface area contributed by atoms with E-state index in [2.05, 4.69) is 29.5 Å². The van der Waals surface area contributed by atoms with E-state index in [0.717, 1.165) is 10.8 Å². The first-order valence-corrected chi connectivity index (χ1v) is 7.39. The molecule has 4 heteroatoms. The van der Waals surface area contributed by atoms with E-state index in [0.29, 0.717) is 6.61 Å². The molecule has 1 heterocycles. The van der Waals surface area contributed by atoms with Gasteiger partial charge in [-0.3, -0.25) is 0 Å². The molecule has 0 N–H and O–H groups in total. The van der Waals surface area contributed by atoms with Gasteiger partial charge < -0.3 is 4.74 Å². The zero-order chi connectivity index (χ0) is 10.9. The first kappa shape index (κ1) is 13.7. The fraction of sp³-hybridized carbons (Fsp3) is 1.00. The standard InChI is InChI=1S/C11H21IO3/c1-2-3-4-5-6-7-11-13-9-10(8-12)14-15-11/h10-11H,2-9H2,1H3. The molecular formula is C11H21IO3. The van der Waals surface area contributed by atoms with Gasteiger partial charge in [0, 0.05) is 10.8 Å². The average molecular weight is 328 g/mol. The van der Waals surface area contributed by atoms with Crippen molar-refractivity contribution in [1.82, 2.24) is 0 Å². The molecule has 0 saturated carbocycles. The summed E-state index contributed by atoms with van der Waals surface area (Å²) in [5.41, 5.74) is 0. The van der Waals surface area contributed by atoms with Crippen molar-refractivity contribution in [1.29, 1.82) is 0 Å². The Hall–Kier alpha value is 0.610. The Morgan fingerprint density at radius 2 is 1.93 bits per heavy atom. The number of alkyl halides is 1. The Bertz CT molecular complexity index is 147. The van der Waals surface area contributed by atoms with Gasteiger partial charge in [-0.1, -0.05) is 55.2 Å². The second-order valence-electron chi connectivity index (χ2n) is 3.93. The van der Waals surface area contributed by atoms with E-state index < -0.39 is 0 Å². The molecule has 0 amide bonds. The Kier molecular flexibility index (Phi) is 7.96. The fourth-order valence-corrected chi connectivity index (χ4v) is 1.93. The molecule has 3 nitrogen and oxygen atoms in total. The van der Waals surface area contributed by atoms with Gasteiger partial charge in [0.1, 0.15) is 6.10 Å². The van der Waals surface area contributed by atoms with E-state index in [-0.39, 0.29) is 12.4 Å². The summed E-state index contributed by atoms with van der Waals surface area (Å²) >= 11 is 2.27. The third kappa shape index (κ3) is 6.04. The van der Waals surface area contributed by atoms with E-state index in [1.807, 2.05) is 0 Å². The van der Waals surface area contributed by atoms with Crippen LogP contribution in [0.25, 0.3) is 0 Å². The van der Waals surface area contributed by atoms with E-state index in [1.54, 1.807) is 0 Å². The van der Waals surface area contributed by atoms with Crippen LogP contribution in [0, 0.1) is 0 Å². The van der Waals surface area contributed by atoms with Crippen LogP contribution in [-0.4, -0.2) is 23.4 Å². The number of rotatable bonds is 7. The number of halogens is 1. The SMILES string of the molecule is CCCCCCCC1OCC(CI)OO1. The van der Waals surface area contributed by atoms with Crippen molar-refractivity contribution in [3.05, 3.63) is 0 Å². The minimum atomic E-state index is -0.133. The first-order chi connectivity index (χ1) is 7.36. The van der Waals surface area contributed by atoms with Crippen LogP contribution in [0.2, 0.25) is 0 Å². The minimum absolute atomic E-state index is 0.113. The smallest absolute Gasteiger partial charge is 0.191 e. The Morgan fingerprint density at radius 1 is 1.13 bits per heavy atom. The zero-order valence-electron chi connectivity index (χ0n) is 9.41. The zero-order valence-corrected chi connectivity index (χ0v) is 11.6. The van der Waals surface area contributed by atoms with Crippen LogP contribution >= 0.6 is 22.6 Å². The van der Waals surface area contributed by atoms with E-state index in [4.69, 9.17) is 14.5 Å². The normalized spacial score (nSPS) is 26.8. The number of hydrogen-bond donors (Lipinski definition) is 0. The highest BCUT2D eigenvalue weighted by Gasteiger charge is 2.22. The maximum atomic E-state index is 5.54. The molecule has 0 spiro atoms. The summed E-state index contributed by atoms with van der Waals surface area (Å²) in [6.45, 7) is 2.90. The molecule has 15 heavy (non-hydrogen) atoms. The summed E-state index contributed by atoms with van der Waals surface area (Å²) in [5, 5.41) is 0. The van der Waals surface area contributed by atoms with Gasteiger partial charge in [0.15, 0.2) is 6.29 Å². The summed E-state index contributed by atoms with van der Waals surface area (Å²) < 4.78 is 6.45. The molecule has 0 aromatic carbocycles. The second kappa shape index (κ2) is 8.73. The number of ether oxygens (including phenoxy) is 1. The lowest BCUT2D eigenvalue weighted by Gasteiger charge is -2.27. The molecule has 0 bridgehead atoms. The fourth-order valence-electron chi connectivity index (χ4n) is 1.53. The molecule has 0 radical (unpaired) electrons. The third-order valence-electron chi connectivity index (χ3n) is 2.48. The van der Waals surface area contributed by atoms with E-state index in [9.17, 15) is 0 Å². The minimum Gasteiger partial charge on any atom is -0.347 e. The monoisotopic (exact) mass is 328 g/mol. The van der Waals surface area contributed by atoms with Gasteiger partial charge >= 0.3 is 0 Å². The molecule has 1 fully saturated rings. The van der Waals surface area contributed by atoms with Gasteiger partial charge in [0.25, 0.3) is 0 Å². The highest BCUT2D eigenvalue weighted by atomic mass is 127. The Morgan fingerprint density at radius 3 is 2.53 bits per heavy atom. The molecule has 90 valence electrons. The summed E-state index contributed by atoms with van der Waals surface area (Å²) in [6, 6.07) is 0. The number of hydrogen-bond acceptors (Lipinski definition) is 3. The molecule has 1 aliphatic heterocycles. The lowest BCUT2D eigenvalue weighted by molar-refractivity contribution is -0.437. The maximum absolute atomic E-state index is 5.54. The average Bonchev–Trinajstić information content (AvgIpc) is 2.30. The summed E-state index contributed by atoms with van der Waals surface area (Å²) in [5.74, 6) is 0. The molecule has 1 saturated heterocycles. The van der Waals surface area contributed by atoms with Crippen LogP contribution in [-0.2, 0) is 14.5 Å². The summed E-state index contributed by atoms with van der Waals surface area (Å²) in [7, 11) is 0. The summed E-state index contributed by atoms with van der Waals surface area (Å²) in [6.07, 6.45) is 7.32. The van der Waals surface area contributed by atoms with Gasteiger partial charge in [-0.25, -0.2) is 9.78 Å². The van der Waals surface area contributed by atoms with Crippen molar-refractivity contribution < 1.29 is 14.5 Å². The van der Waals surface area contributed by atoms with Crippen molar-refractivity contribution in [3.8, 4) is 0 Å². The lowest BCUT2D eigenvalue weighted by atomic mass is 10.1. The van der Waals surface area contributed by atoms with Gasteiger partial charge in [0.2, 0.25) is 0 Å². The first-order valence-electron chi connectivity index (χ1n) is 5.86. The van der Waals surface area contributed by atoms with Crippen LogP contribution in [0.15, 0.2) is 0 Å². The Labute approximate surface area is 106 Å². The van der Waals surface area contributed by atoms with Crippen molar-refractivity contribution in [2.75, 3.05) is 11.0 Å². The molecule has 1 rings (SSSR count). The predicted octanol–water partition coefficient (Wildman–Crippen LogP) is 3.46. The highest BCUT2D eigenvalue weighted by molar-refractivity contribution is 14.1. The van der Waals surface area contributed by atoms with Crippen molar-refractivity contribution in [2.45, 2.75) is 57.8 Å². The van der Waals surface area contributed by atoms with E-state index >= 15 is 0 Å². The topological polar surface area (TPSA) is 27.7 Å². The van der Waals surface area contributed by atoms with Crippen LogP contribution in [0.4, 0.5) is 0 Å². The number of unbranched alkanes of at least 4 members (excludes halogenated alkanes) is 4. The third-order valence-corrected chi connectivity index (χ3v) is 3.46. The molecule has 0 aromatic rings. The quantitative estimate of drug-likeness (QED) is 0.310. The van der Waals surface area contributed by atoms with Crippen LogP contribution in [0.3, 0.4) is 0 Å². The predicted molar refractivity (Wildman–Crippen MR) is 68.0 cm³/mol. The largest absolute Gasteiger partial charge is 0.347 e. The van der Waals surface area contributed by atoms with Crippen LogP contribution in [0.5, 0.6) is 0 Å². The van der Waals surface area contributed by atoms with Crippen molar-refractivity contribution in [3.63, 3.8) is 0 Å². The van der Waals surface area contributed by atoms with Gasteiger partial charge in [-0.05, 0) is 6.42 Å². The highest BCUT2D eigenvalue weighted by Crippen LogP contribution is 2.16. The molecule has 1 aliphatic rings. The molecule has 2 unspecified atom stereocenters. The molecule has 0 aliphatic carbocycles. The van der Waals surface area contributed by atoms with Gasteiger partial charge in [0.05, 0.1) is 6.61 Å². The maximum Gasteiger partial charge on any atom is 0.191 e. The summed E-state index contributed by atoms with van der Waals surface area (Å²) in [4.78, 5) is 10.3. The van der Waals surface area contributed by atoms with Gasteiger partial charge in [-0.15, -0.1) is 0 Å². The van der Waals surface area contributed by atoms with E-state index in [1.165, 1.54) is 32.1 Å². The Balaban J connectivity index is 1.94.